The van der Waals surface area contributed by atoms with Crippen molar-refractivity contribution in [3.8, 4) is 0 Å². The molecule has 1 aliphatic rings. The molecule has 2 aromatic rings. The van der Waals surface area contributed by atoms with Gasteiger partial charge in [-0.25, -0.2) is 4.98 Å². The lowest BCUT2D eigenvalue weighted by atomic mass is 9.94. The highest BCUT2D eigenvalue weighted by atomic mass is 16.1. The maximum atomic E-state index is 12.5. The first-order chi connectivity index (χ1) is 12.1. The minimum atomic E-state index is -0.307. The summed E-state index contributed by atoms with van der Waals surface area (Å²) in [7, 11) is 0. The van der Waals surface area contributed by atoms with Crippen molar-refractivity contribution >= 4 is 11.7 Å². The van der Waals surface area contributed by atoms with Crippen molar-refractivity contribution in [2.75, 3.05) is 18.0 Å². The zero-order valence-electron chi connectivity index (χ0n) is 14.7. The second kappa shape index (κ2) is 8.12. The fourth-order valence-corrected chi connectivity index (χ4v) is 3.17. The molecule has 25 heavy (non-hydrogen) atoms. The lowest BCUT2D eigenvalue weighted by Crippen LogP contribution is -2.35. The van der Waals surface area contributed by atoms with Crippen molar-refractivity contribution in [3.63, 3.8) is 0 Å². The molecule has 1 aromatic carbocycles. The summed E-state index contributed by atoms with van der Waals surface area (Å²) in [6.07, 6.45) is 4.25. The molecular weight excluding hydrogens is 312 g/mol. The zero-order valence-corrected chi connectivity index (χ0v) is 14.7. The lowest BCUT2D eigenvalue weighted by molar-refractivity contribution is -0.125. The Hall–Kier alpha value is -2.40. The number of nitrogens with one attached hydrogen (secondary N) is 1. The molecule has 2 unspecified atom stereocenters. The average molecular weight is 338 g/mol. The van der Waals surface area contributed by atoms with Crippen LogP contribution < -0.4 is 16.0 Å². The van der Waals surface area contributed by atoms with E-state index in [0.29, 0.717) is 6.54 Å². The molecule has 5 nitrogen and oxygen atoms in total. The van der Waals surface area contributed by atoms with Crippen LogP contribution in [0.3, 0.4) is 0 Å². The van der Waals surface area contributed by atoms with Crippen molar-refractivity contribution in [2.45, 2.75) is 32.4 Å². The second-order valence-electron chi connectivity index (χ2n) is 6.66. The predicted molar refractivity (Wildman–Crippen MR) is 100 cm³/mol. The Kier molecular flexibility index (Phi) is 5.66. The lowest BCUT2D eigenvalue weighted by Gasteiger charge is -2.20. The third-order valence-corrected chi connectivity index (χ3v) is 4.84. The first kappa shape index (κ1) is 17.4. The molecule has 0 radical (unpaired) electrons. The van der Waals surface area contributed by atoms with Crippen LogP contribution in [0.5, 0.6) is 0 Å². The highest BCUT2D eigenvalue weighted by Crippen LogP contribution is 2.20. The SMILES string of the molecule is CC(C(=O)NCc1ccnc(N2CCCC2)c1)C(N)c1ccccc1. The minimum absolute atomic E-state index is 0.0316. The van der Waals surface area contributed by atoms with Crippen molar-refractivity contribution in [2.24, 2.45) is 11.7 Å². The van der Waals surface area contributed by atoms with Crippen LogP contribution in [0.15, 0.2) is 48.7 Å². The smallest absolute Gasteiger partial charge is 0.225 e. The number of anilines is 1. The molecule has 2 atom stereocenters. The van der Waals surface area contributed by atoms with Gasteiger partial charge in [0.1, 0.15) is 5.82 Å². The highest BCUT2D eigenvalue weighted by Gasteiger charge is 2.22. The predicted octanol–water partition coefficient (Wildman–Crippen LogP) is 2.63. The summed E-state index contributed by atoms with van der Waals surface area (Å²) in [5, 5.41) is 3.00. The Morgan fingerprint density at radius 3 is 2.68 bits per heavy atom. The molecule has 1 saturated heterocycles. The van der Waals surface area contributed by atoms with Crippen LogP contribution in [0.1, 0.15) is 36.9 Å². The first-order valence-electron chi connectivity index (χ1n) is 8.93. The molecule has 1 aliphatic heterocycles. The molecule has 132 valence electrons. The van der Waals surface area contributed by atoms with E-state index >= 15 is 0 Å². The topological polar surface area (TPSA) is 71.2 Å². The molecule has 2 heterocycles. The van der Waals surface area contributed by atoms with E-state index < -0.39 is 0 Å². The van der Waals surface area contributed by atoms with Crippen LogP contribution in [0.2, 0.25) is 0 Å². The van der Waals surface area contributed by atoms with E-state index in [9.17, 15) is 4.79 Å². The van der Waals surface area contributed by atoms with E-state index in [0.717, 1.165) is 30.0 Å². The Labute approximate surface area is 149 Å². The third-order valence-electron chi connectivity index (χ3n) is 4.84. The van der Waals surface area contributed by atoms with Gasteiger partial charge in [-0.05, 0) is 36.1 Å². The van der Waals surface area contributed by atoms with Crippen LogP contribution in [0.4, 0.5) is 5.82 Å². The van der Waals surface area contributed by atoms with Gasteiger partial charge in [-0.15, -0.1) is 0 Å². The highest BCUT2D eigenvalue weighted by molar-refractivity contribution is 5.79. The monoisotopic (exact) mass is 338 g/mol. The van der Waals surface area contributed by atoms with Crippen LogP contribution >= 0.6 is 0 Å². The normalized spacial score (nSPS) is 16.5. The number of hydrogen-bond acceptors (Lipinski definition) is 4. The zero-order chi connectivity index (χ0) is 17.6. The third kappa shape index (κ3) is 4.37. The number of pyridine rings is 1. The summed E-state index contributed by atoms with van der Waals surface area (Å²) in [6, 6.07) is 13.4. The van der Waals surface area contributed by atoms with Crippen molar-refractivity contribution in [3.05, 3.63) is 59.8 Å². The van der Waals surface area contributed by atoms with E-state index in [2.05, 4.69) is 21.3 Å². The Morgan fingerprint density at radius 2 is 1.96 bits per heavy atom. The van der Waals surface area contributed by atoms with E-state index in [1.54, 1.807) is 0 Å². The first-order valence-corrected chi connectivity index (χ1v) is 8.93. The fourth-order valence-electron chi connectivity index (χ4n) is 3.17. The Morgan fingerprint density at radius 1 is 1.24 bits per heavy atom. The maximum Gasteiger partial charge on any atom is 0.225 e. The molecule has 5 heteroatoms. The minimum Gasteiger partial charge on any atom is -0.357 e. The van der Waals surface area contributed by atoms with E-state index in [4.69, 9.17) is 5.73 Å². The van der Waals surface area contributed by atoms with E-state index in [1.807, 2.05) is 49.5 Å². The van der Waals surface area contributed by atoms with Crippen molar-refractivity contribution < 1.29 is 4.79 Å². The summed E-state index contributed by atoms with van der Waals surface area (Å²) in [5.74, 6) is 0.677. The number of benzene rings is 1. The van der Waals surface area contributed by atoms with Gasteiger partial charge in [0, 0.05) is 31.9 Å². The summed E-state index contributed by atoms with van der Waals surface area (Å²) in [6.45, 7) is 4.49. The van der Waals surface area contributed by atoms with Gasteiger partial charge in [-0.2, -0.15) is 0 Å². The Bertz CT molecular complexity index is 698. The molecule has 1 amide bonds. The van der Waals surface area contributed by atoms with Gasteiger partial charge in [0.25, 0.3) is 0 Å². The maximum absolute atomic E-state index is 12.5. The molecule has 1 fully saturated rings. The van der Waals surface area contributed by atoms with Gasteiger partial charge in [0.2, 0.25) is 5.91 Å². The largest absolute Gasteiger partial charge is 0.357 e. The molecular formula is C20H26N4O. The van der Waals surface area contributed by atoms with E-state index in [1.165, 1.54) is 12.8 Å². The van der Waals surface area contributed by atoms with E-state index in [-0.39, 0.29) is 17.9 Å². The molecule has 0 bridgehead atoms. The molecule has 0 saturated carbocycles. The number of carbonyl (C=O) groups excluding carboxylic acids is 1. The van der Waals surface area contributed by atoms with Crippen LogP contribution in [0, 0.1) is 5.92 Å². The van der Waals surface area contributed by atoms with Crippen molar-refractivity contribution in [1.82, 2.24) is 10.3 Å². The van der Waals surface area contributed by atoms with Crippen LogP contribution in [0.25, 0.3) is 0 Å². The van der Waals surface area contributed by atoms with Gasteiger partial charge in [-0.1, -0.05) is 37.3 Å². The Balaban J connectivity index is 1.57. The molecule has 0 spiro atoms. The summed E-state index contributed by atoms with van der Waals surface area (Å²) < 4.78 is 0. The molecule has 3 N–H and O–H groups in total. The summed E-state index contributed by atoms with van der Waals surface area (Å²) >= 11 is 0. The quantitative estimate of drug-likeness (QED) is 0.849. The van der Waals surface area contributed by atoms with Crippen molar-refractivity contribution in [1.29, 1.82) is 0 Å². The second-order valence-corrected chi connectivity index (χ2v) is 6.66. The van der Waals surface area contributed by atoms with Crippen LogP contribution in [-0.4, -0.2) is 24.0 Å². The average Bonchev–Trinajstić information content (AvgIpc) is 3.20. The number of nitrogens with zero attached hydrogens (tertiary/aromatic N) is 2. The number of amides is 1. The molecule has 0 aliphatic carbocycles. The standard InChI is InChI=1S/C20H26N4O/c1-15(19(21)17-7-3-2-4-8-17)20(25)23-14-16-9-10-22-18(13-16)24-11-5-6-12-24/h2-4,7-10,13,15,19H,5-6,11-12,14,21H2,1H3,(H,23,25). The number of aromatic nitrogens is 1. The number of carbonyl (C=O) groups is 1. The number of nitrogens with two attached hydrogens (primary N) is 1. The summed E-state index contributed by atoms with van der Waals surface area (Å²) in [4.78, 5) is 19.2. The molecule has 3 rings (SSSR count). The van der Waals surface area contributed by atoms with Gasteiger partial charge in [-0.3, -0.25) is 4.79 Å². The van der Waals surface area contributed by atoms with Gasteiger partial charge < -0.3 is 16.0 Å². The van der Waals surface area contributed by atoms with Gasteiger partial charge >= 0.3 is 0 Å². The number of rotatable bonds is 6. The number of hydrogen-bond donors (Lipinski definition) is 2. The van der Waals surface area contributed by atoms with Gasteiger partial charge in [0.05, 0.1) is 5.92 Å². The van der Waals surface area contributed by atoms with Gasteiger partial charge in [0.15, 0.2) is 0 Å². The molecule has 1 aromatic heterocycles. The summed E-state index contributed by atoms with van der Waals surface area (Å²) in [5.41, 5.74) is 8.28. The van der Waals surface area contributed by atoms with Crippen LogP contribution in [-0.2, 0) is 11.3 Å². The fraction of sp³-hybridized carbons (Fsp3) is 0.400.